The number of halogens is 2. The number of rotatable bonds is 4. The lowest BCUT2D eigenvalue weighted by molar-refractivity contribution is 0.0658. The van der Waals surface area contributed by atoms with Gasteiger partial charge < -0.3 is 24.5 Å². The van der Waals surface area contributed by atoms with Crippen molar-refractivity contribution in [3.05, 3.63) is 59.9 Å². The number of amides is 1. The fourth-order valence-electron chi connectivity index (χ4n) is 3.68. The van der Waals surface area contributed by atoms with E-state index in [0.29, 0.717) is 38.5 Å². The molecular weight excluding hydrogens is 500 g/mol. The predicted octanol–water partition coefficient (Wildman–Crippen LogP) is 3.09. The van der Waals surface area contributed by atoms with E-state index in [9.17, 15) is 9.18 Å². The molecular formula is C21H25FIN5O2. The van der Waals surface area contributed by atoms with Gasteiger partial charge in [0.15, 0.2) is 11.7 Å². The number of aliphatic imine (C=N–C) groups is 1. The Morgan fingerprint density at radius 2 is 2.00 bits per heavy atom. The van der Waals surface area contributed by atoms with E-state index in [-0.39, 0.29) is 35.7 Å². The third-order valence-corrected chi connectivity index (χ3v) is 5.22. The van der Waals surface area contributed by atoms with Gasteiger partial charge in [-0.15, -0.1) is 24.0 Å². The van der Waals surface area contributed by atoms with Crippen LogP contribution in [0.2, 0.25) is 0 Å². The number of guanidine groups is 1. The number of fused-ring (bicyclic) bond motifs is 1. The third-order valence-electron chi connectivity index (χ3n) is 5.22. The van der Waals surface area contributed by atoms with Crippen molar-refractivity contribution in [3.8, 4) is 0 Å². The normalized spacial score (nSPS) is 14.7. The lowest BCUT2D eigenvalue weighted by Gasteiger charge is -2.36. The van der Waals surface area contributed by atoms with Crippen molar-refractivity contribution in [2.45, 2.75) is 6.42 Å². The Bertz CT molecular complexity index is 1010. The maximum absolute atomic E-state index is 13.3. The minimum absolute atomic E-state index is 0. The number of hydrogen-bond donors (Lipinski definition) is 2. The average Bonchev–Trinajstić information content (AvgIpc) is 3.41. The lowest BCUT2D eigenvalue weighted by atomic mass is 10.1. The van der Waals surface area contributed by atoms with E-state index < -0.39 is 0 Å². The second-order valence-corrected chi connectivity index (χ2v) is 6.98. The Balaban J connectivity index is 0.00000256. The summed E-state index contributed by atoms with van der Waals surface area (Å²) >= 11 is 0. The van der Waals surface area contributed by atoms with Crippen LogP contribution in [0.25, 0.3) is 10.9 Å². The smallest absolute Gasteiger partial charge is 0.289 e. The van der Waals surface area contributed by atoms with E-state index in [4.69, 9.17) is 4.42 Å². The quantitative estimate of drug-likeness (QED) is 0.312. The molecule has 30 heavy (non-hydrogen) atoms. The van der Waals surface area contributed by atoms with Crippen molar-refractivity contribution < 1.29 is 13.6 Å². The Labute approximate surface area is 191 Å². The molecule has 7 nitrogen and oxygen atoms in total. The number of hydrogen-bond acceptors (Lipinski definition) is 3. The van der Waals surface area contributed by atoms with Crippen LogP contribution in [0, 0.1) is 5.82 Å². The second kappa shape index (κ2) is 9.96. The largest absolute Gasteiger partial charge is 0.459 e. The summed E-state index contributed by atoms with van der Waals surface area (Å²) in [6.45, 7) is 3.36. The molecule has 0 aliphatic carbocycles. The van der Waals surface area contributed by atoms with Crippen LogP contribution in [-0.4, -0.2) is 66.4 Å². The number of aromatic nitrogens is 1. The molecule has 9 heteroatoms. The van der Waals surface area contributed by atoms with Crippen molar-refractivity contribution in [1.29, 1.82) is 0 Å². The first-order chi connectivity index (χ1) is 14.2. The van der Waals surface area contributed by atoms with Crippen LogP contribution in [0.1, 0.15) is 16.1 Å². The molecule has 1 amide bonds. The van der Waals surface area contributed by atoms with Crippen LogP contribution >= 0.6 is 24.0 Å². The first kappa shape index (κ1) is 22.1. The van der Waals surface area contributed by atoms with E-state index in [1.54, 1.807) is 30.1 Å². The van der Waals surface area contributed by atoms with Gasteiger partial charge in [0.1, 0.15) is 5.82 Å². The highest BCUT2D eigenvalue weighted by molar-refractivity contribution is 14.0. The van der Waals surface area contributed by atoms with Crippen LogP contribution in [0.3, 0.4) is 0 Å². The topological polar surface area (TPSA) is 76.9 Å². The van der Waals surface area contributed by atoms with Crippen LogP contribution in [0.15, 0.2) is 52.2 Å². The van der Waals surface area contributed by atoms with E-state index in [2.05, 4.69) is 20.2 Å². The summed E-state index contributed by atoms with van der Waals surface area (Å²) in [5, 5.41) is 4.43. The number of benzene rings is 1. The van der Waals surface area contributed by atoms with Crippen LogP contribution in [0.4, 0.5) is 4.39 Å². The molecule has 2 N–H and O–H groups in total. The number of nitrogens with zero attached hydrogens (tertiary/aromatic N) is 3. The van der Waals surface area contributed by atoms with Gasteiger partial charge in [-0.1, -0.05) is 0 Å². The van der Waals surface area contributed by atoms with E-state index >= 15 is 0 Å². The first-order valence-corrected chi connectivity index (χ1v) is 9.69. The second-order valence-electron chi connectivity index (χ2n) is 6.98. The van der Waals surface area contributed by atoms with Crippen molar-refractivity contribution in [2.24, 2.45) is 4.99 Å². The van der Waals surface area contributed by atoms with E-state index in [1.165, 1.54) is 18.4 Å². The molecule has 1 aromatic carbocycles. The Hall–Kier alpha value is -2.56. The molecule has 1 aliphatic rings. The molecule has 0 bridgehead atoms. The minimum atomic E-state index is -0.242. The van der Waals surface area contributed by atoms with Gasteiger partial charge in [-0.25, -0.2) is 4.39 Å². The molecule has 0 radical (unpaired) electrons. The molecule has 1 fully saturated rings. The van der Waals surface area contributed by atoms with Crippen molar-refractivity contribution >= 4 is 46.7 Å². The zero-order valence-corrected chi connectivity index (χ0v) is 19.1. The minimum Gasteiger partial charge on any atom is -0.459 e. The van der Waals surface area contributed by atoms with Crippen LogP contribution in [-0.2, 0) is 6.42 Å². The van der Waals surface area contributed by atoms with E-state index in [1.807, 2.05) is 6.20 Å². The van der Waals surface area contributed by atoms with Crippen LogP contribution < -0.4 is 5.32 Å². The predicted molar refractivity (Wildman–Crippen MR) is 125 cm³/mol. The van der Waals surface area contributed by atoms with Crippen molar-refractivity contribution in [1.82, 2.24) is 20.1 Å². The molecule has 0 unspecified atom stereocenters. The summed E-state index contributed by atoms with van der Waals surface area (Å²) in [5.41, 5.74) is 1.94. The van der Waals surface area contributed by atoms with Gasteiger partial charge in [0.2, 0.25) is 0 Å². The van der Waals surface area contributed by atoms with Crippen molar-refractivity contribution in [3.63, 3.8) is 0 Å². The molecule has 0 spiro atoms. The Morgan fingerprint density at radius 3 is 2.70 bits per heavy atom. The van der Waals surface area contributed by atoms with Gasteiger partial charge >= 0.3 is 0 Å². The fourth-order valence-corrected chi connectivity index (χ4v) is 3.68. The molecule has 1 aliphatic heterocycles. The number of carbonyl (C=O) groups excluding carboxylic acids is 1. The molecule has 160 valence electrons. The van der Waals surface area contributed by atoms with Gasteiger partial charge in [-0.05, 0) is 42.3 Å². The monoisotopic (exact) mass is 525 g/mol. The highest BCUT2D eigenvalue weighted by Crippen LogP contribution is 2.19. The number of piperazine rings is 1. The Kier molecular flexibility index (Phi) is 7.35. The maximum atomic E-state index is 13.3. The van der Waals surface area contributed by atoms with Gasteiger partial charge in [0.25, 0.3) is 5.91 Å². The molecule has 4 rings (SSSR count). The molecule has 2 aromatic heterocycles. The zero-order chi connectivity index (χ0) is 20.2. The molecule has 1 saturated heterocycles. The van der Waals surface area contributed by atoms with Crippen LogP contribution in [0.5, 0.6) is 0 Å². The third kappa shape index (κ3) is 4.77. The summed E-state index contributed by atoms with van der Waals surface area (Å²) in [7, 11) is 1.76. The molecule has 0 saturated carbocycles. The number of furan rings is 1. The number of aromatic amines is 1. The van der Waals surface area contributed by atoms with Gasteiger partial charge in [0, 0.05) is 56.9 Å². The highest BCUT2D eigenvalue weighted by Gasteiger charge is 2.25. The fraction of sp³-hybridized carbons (Fsp3) is 0.333. The van der Waals surface area contributed by atoms with Gasteiger partial charge in [0.05, 0.1) is 6.26 Å². The summed E-state index contributed by atoms with van der Waals surface area (Å²) in [6, 6.07) is 8.21. The number of nitrogens with one attached hydrogen (secondary N) is 2. The SMILES string of the molecule is CN=C(NCCc1c[nH]c2cc(F)ccc12)N1CCN(C(=O)c2ccco2)CC1.I. The zero-order valence-electron chi connectivity index (χ0n) is 16.7. The number of carbonyl (C=O) groups is 1. The lowest BCUT2D eigenvalue weighted by Crippen LogP contribution is -2.53. The maximum Gasteiger partial charge on any atom is 0.289 e. The average molecular weight is 525 g/mol. The summed E-state index contributed by atoms with van der Waals surface area (Å²) in [5.74, 6) is 0.878. The number of H-pyrrole nitrogens is 1. The summed E-state index contributed by atoms with van der Waals surface area (Å²) in [4.78, 5) is 23.8. The molecule has 3 aromatic rings. The summed E-state index contributed by atoms with van der Waals surface area (Å²) in [6.07, 6.45) is 4.23. The molecule has 3 heterocycles. The highest BCUT2D eigenvalue weighted by atomic mass is 127. The first-order valence-electron chi connectivity index (χ1n) is 9.69. The van der Waals surface area contributed by atoms with Crippen molar-refractivity contribution in [2.75, 3.05) is 39.8 Å². The standard InChI is InChI=1S/C21H24FN5O2.HI/c1-23-21(24-7-6-15-14-25-18-13-16(22)4-5-17(15)18)27-10-8-26(9-11-27)20(28)19-3-2-12-29-19;/h2-5,12-14,25H,6-11H2,1H3,(H,23,24);1H. The Morgan fingerprint density at radius 1 is 1.23 bits per heavy atom. The van der Waals surface area contributed by atoms with Gasteiger partial charge in [-0.2, -0.15) is 0 Å². The summed E-state index contributed by atoms with van der Waals surface area (Å²) < 4.78 is 18.5. The van der Waals surface area contributed by atoms with E-state index in [0.717, 1.165) is 28.8 Å². The molecule has 0 atom stereocenters. The van der Waals surface area contributed by atoms with Gasteiger partial charge in [-0.3, -0.25) is 9.79 Å².